The van der Waals surface area contributed by atoms with E-state index >= 15 is 0 Å². The van der Waals surface area contributed by atoms with Crippen molar-refractivity contribution in [2.24, 2.45) is 0 Å². The molecule has 2 N–H and O–H groups in total. The number of carboxylic acid groups (broad SMARTS) is 1. The Morgan fingerprint density at radius 1 is 1.26 bits per heavy atom. The average molecular weight is 396 g/mol. The maximum atomic E-state index is 11.0. The van der Waals surface area contributed by atoms with E-state index in [0.717, 1.165) is 21.2 Å². The number of aryl methyl sites for hydroxylation is 1. The highest BCUT2D eigenvalue weighted by Crippen LogP contribution is 2.30. The van der Waals surface area contributed by atoms with Gasteiger partial charge in [0.2, 0.25) is 0 Å². The zero-order valence-electron chi connectivity index (χ0n) is 14.6. The fraction of sp³-hybridized carbons (Fsp3) is 0.100. The van der Waals surface area contributed by atoms with Gasteiger partial charge in [-0.05, 0) is 42.7 Å². The molecule has 27 heavy (non-hydrogen) atoms. The highest BCUT2D eigenvalue weighted by Gasteiger charge is 2.10. The topological polar surface area (TPSA) is 71.5 Å². The van der Waals surface area contributed by atoms with E-state index in [-0.39, 0.29) is 5.56 Å². The van der Waals surface area contributed by atoms with Gasteiger partial charge in [0.15, 0.2) is 5.01 Å². The monoisotopic (exact) mass is 396 g/mol. The Balaban J connectivity index is 1.69. The summed E-state index contributed by atoms with van der Waals surface area (Å²) in [5.74, 6) is 5.69. The third-order valence-electron chi connectivity index (χ3n) is 3.65. The number of methoxy groups -OCH3 is 1. The molecule has 3 aromatic rings. The Hall–Kier alpha value is -2.95. The minimum Gasteiger partial charge on any atom is -0.495 e. The first kappa shape index (κ1) is 18.8. The van der Waals surface area contributed by atoms with Crippen molar-refractivity contribution in [3.8, 4) is 17.6 Å². The van der Waals surface area contributed by atoms with Gasteiger partial charge in [-0.3, -0.25) is 0 Å². The van der Waals surface area contributed by atoms with Gasteiger partial charge in [-0.2, -0.15) is 0 Å². The Morgan fingerprint density at radius 3 is 2.81 bits per heavy atom. The molecule has 1 aromatic heterocycles. The fourth-order valence-corrected chi connectivity index (χ4v) is 3.65. The lowest BCUT2D eigenvalue weighted by Crippen LogP contribution is -1.99. The molecule has 0 saturated carbocycles. The second-order valence-electron chi connectivity index (χ2n) is 5.48. The SMILES string of the molecule is COc1cc(C(=O)O)ccc1NSc1csc(C#Cc2ccccc2C)n1. The maximum absolute atomic E-state index is 11.0. The predicted octanol–water partition coefficient (Wildman–Crippen LogP) is 4.68. The van der Waals surface area contributed by atoms with E-state index in [1.165, 1.54) is 42.5 Å². The van der Waals surface area contributed by atoms with Crippen LogP contribution in [-0.2, 0) is 0 Å². The van der Waals surface area contributed by atoms with Crippen molar-refractivity contribution >= 4 is 34.9 Å². The number of nitrogens with one attached hydrogen (secondary N) is 1. The van der Waals surface area contributed by atoms with Crippen LogP contribution in [0.2, 0.25) is 0 Å². The van der Waals surface area contributed by atoms with Gasteiger partial charge in [0.1, 0.15) is 10.8 Å². The van der Waals surface area contributed by atoms with Crippen LogP contribution in [0.15, 0.2) is 52.9 Å². The molecule has 0 aliphatic rings. The highest BCUT2D eigenvalue weighted by atomic mass is 32.2. The molecule has 0 aliphatic carbocycles. The van der Waals surface area contributed by atoms with Crippen LogP contribution in [-0.4, -0.2) is 23.2 Å². The van der Waals surface area contributed by atoms with E-state index < -0.39 is 5.97 Å². The van der Waals surface area contributed by atoms with Crippen molar-refractivity contribution in [3.63, 3.8) is 0 Å². The van der Waals surface area contributed by atoms with E-state index in [4.69, 9.17) is 9.84 Å². The summed E-state index contributed by atoms with van der Waals surface area (Å²) >= 11 is 2.79. The number of benzene rings is 2. The third-order valence-corrected chi connectivity index (χ3v) is 5.29. The largest absolute Gasteiger partial charge is 0.495 e. The summed E-state index contributed by atoms with van der Waals surface area (Å²) < 4.78 is 8.39. The zero-order valence-corrected chi connectivity index (χ0v) is 16.3. The molecular weight excluding hydrogens is 380 g/mol. The number of ether oxygens (including phenoxy) is 1. The number of carbonyl (C=O) groups is 1. The molecule has 5 nitrogen and oxygen atoms in total. The zero-order chi connectivity index (χ0) is 19.2. The van der Waals surface area contributed by atoms with Gasteiger partial charge >= 0.3 is 5.97 Å². The lowest BCUT2D eigenvalue weighted by molar-refractivity contribution is 0.0696. The summed E-state index contributed by atoms with van der Waals surface area (Å²) in [5.41, 5.74) is 2.97. The number of rotatable bonds is 5. The predicted molar refractivity (Wildman–Crippen MR) is 109 cm³/mol. The standard InChI is InChI=1S/C20H16N2O3S2/c1-13-5-3-4-6-14(13)8-10-18-21-19(12-26-18)27-22-16-9-7-15(20(23)24)11-17(16)25-2/h3-7,9,11-12,22H,1-2H3,(H,23,24). The summed E-state index contributed by atoms with van der Waals surface area (Å²) in [6, 6.07) is 12.6. The number of nitrogens with zero attached hydrogens (tertiary/aromatic N) is 1. The smallest absolute Gasteiger partial charge is 0.335 e. The van der Waals surface area contributed by atoms with E-state index in [1.54, 1.807) is 6.07 Å². The lowest BCUT2D eigenvalue weighted by atomic mass is 10.1. The first-order valence-electron chi connectivity index (χ1n) is 7.94. The molecule has 136 valence electrons. The van der Waals surface area contributed by atoms with Crippen LogP contribution < -0.4 is 9.46 Å². The van der Waals surface area contributed by atoms with Crippen molar-refractivity contribution in [2.75, 3.05) is 11.8 Å². The second kappa shape index (κ2) is 8.62. The molecule has 2 aromatic carbocycles. The summed E-state index contributed by atoms with van der Waals surface area (Å²) in [7, 11) is 1.50. The van der Waals surface area contributed by atoms with Crippen LogP contribution in [0.25, 0.3) is 0 Å². The molecule has 0 atom stereocenters. The molecule has 0 unspecified atom stereocenters. The maximum Gasteiger partial charge on any atom is 0.335 e. The number of aromatic nitrogens is 1. The summed E-state index contributed by atoms with van der Waals surface area (Å²) in [6.07, 6.45) is 0. The van der Waals surface area contributed by atoms with E-state index in [1.807, 2.05) is 36.6 Å². The van der Waals surface area contributed by atoms with Crippen LogP contribution >= 0.6 is 23.3 Å². The van der Waals surface area contributed by atoms with Crippen LogP contribution in [0.1, 0.15) is 26.5 Å². The van der Waals surface area contributed by atoms with Crippen LogP contribution in [0, 0.1) is 18.8 Å². The molecule has 1 heterocycles. The highest BCUT2D eigenvalue weighted by molar-refractivity contribution is 8.00. The van der Waals surface area contributed by atoms with E-state index in [0.29, 0.717) is 11.4 Å². The molecule has 0 bridgehead atoms. The van der Waals surface area contributed by atoms with Crippen LogP contribution in [0.4, 0.5) is 5.69 Å². The van der Waals surface area contributed by atoms with Crippen molar-refractivity contribution in [1.82, 2.24) is 4.98 Å². The molecular formula is C20H16N2O3S2. The van der Waals surface area contributed by atoms with Crippen molar-refractivity contribution in [2.45, 2.75) is 11.9 Å². The second-order valence-corrected chi connectivity index (χ2v) is 7.16. The van der Waals surface area contributed by atoms with Gasteiger partial charge in [-0.1, -0.05) is 24.1 Å². The number of anilines is 1. The number of thiazole rings is 1. The molecule has 7 heteroatoms. The first-order valence-corrected chi connectivity index (χ1v) is 9.64. The van der Waals surface area contributed by atoms with Crippen LogP contribution in [0.3, 0.4) is 0 Å². The van der Waals surface area contributed by atoms with E-state index in [9.17, 15) is 4.79 Å². The molecule has 0 amide bonds. The van der Waals surface area contributed by atoms with Gasteiger partial charge in [-0.25, -0.2) is 9.78 Å². The summed E-state index contributed by atoms with van der Waals surface area (Å²) in [5, 5.41) is 12.5. The Labute approximate surface area is 165 Å². The van der Waals surface area contributed by atoms with Gasteiger partial charge in [-0.15, -0.1) is 11.3 Å². The molecule has 0 fully saturated rings. The lowest BCUT2D eigenvalue weighted by Gasteiger charge is -2.10. The Kier molecular flexibility index (Phi) is 6.01. The van der Waals surface area contributed by atoms with Crippen molar-refractivity contribution in [1.29, 1.82) is 0 Å². The van der Waals surface area contributed by atoms with Gasteiger partial charge in [0.05, 0.1) is 18.4 Å². The first-order chi connectivity index (χ1) is 13.1. The minimum atomic E-state index is -0.996. The number of carboxylic acids is 1. The van der Waals surface area contributed by atoms with Crippen molar-refractivity contribution < 1.29 is 14.6 Å². The van der Waals surface area contributed by atoms with Gasteiger partial charge in [0, 0.05) is 22.9 Å². The Bertz CT molecular complexity index is 1030. The van der Waals surface area contributed by atoms with Crippen molar-refractivity contribution in [3.05, 3.63) is 69.5 Å². The minimum absolute atomic E-state index is 0.171. The molecule has 0 saturated heterocycles. The Morgan fingerprint density at radius 2 is 2.07 bits per heavy atom. The number of hydrogen-bond donors (Lipinski definition) is 2. The fourth-order valence-electron chi connectivity index (χ4n) is 2.21. The van der Waals surface area contributed by atoms with E-state index in [2.05, 4.69) is 21.5 Å². The van der Waals surface area contributed by atoms with Gasteiger partial charge in [0.25, 0.3) is 0 Å². The average Bonchev–Trinajstić information content (AvgIpc) is 3.13. The quantitative estimate of drug-likeness (QED) is 0.482. The molecule has 0 spiro atoms. The molecule has 0 radical (unpaired) electrons. The van der Waals surface area contributed by atoms with Gasteiger partial charge < -0.3 is 14.6 Å². The third kappa shape index (κ3) is 4.82. The molecule has 3 rings (SSSR count). The number of hydrogen-bond acceptors (Lipinski definition) is 6. The normalized spacial score (nSPS) is 10.0. The summed E-state index contributed by atoms with van der Waals surface area (Å²) in [4.78, 5) is 15.5. The number of aromatic carboxylic acids is 1. The molecule has 0 aliphatic heterocycles. The summed E-state index contributed by atoms with van der Waals surface area (Å²) in [6.45, 7) is 2.03. The van der Waals surface area contributed by atoms with Crippen LogP contribution in [0.5, 0.6) is 5.75 Å².